The molecule has 0 spiro atoms. The van der Waals surface area contributed by atoms with Crippen LogP contribution >= 0.6 is 23.1 Å². The lowest BCUT2D eigenvalue weighted by atomic mass is 10.2. The summed E-state index contributed by atoms with van der Waals surface area (Å²) in [6.07, 6.45) is 0. The molecule has 1 unspecified atom stereocenters. The van der Waals surface area contributed by atoms with E-state index in [4.69, 9.17) is 5.11 Å². The van der Waals surface area contributed by atoms with Crippen molar-refractivity contribution in [3.05, 3.63) is 22.4 Å². The Balaban J connectivity index is 1.98. The summed E-state index contributed by atoms with van der Waals surface area (Å²) in [5.74, 6) is -0.978. The molecule has 1 aliphatic heterocycles. The largest absolute Gasteiger partial charge is 0.480 e. The number of aliphatic carboxylic acids is 1. The minimum Gasteiger partial charge on any atom is -0.480 e. The minimum atomic E-state index is -1.01. The molecule has 1 aliphatic rings. The zero-order valence-electron chi connectivity index (χ0n) is 10.7. The summed E-state index contributed by atoms with van der Waals surface area (Å²) in [5, 5.41) is 13.4. The Morgan fingerprint density at radius 2 is 2.25 bits per heavy atom. The zero-order chi connectivity index (χ0) is 14.7. The molecule has 2 rings (SSSR count). The fraction of sp³-hybridized carbons (Fsp3) is 0.417. The Morgan fingerprint density at radius 1 is 1.50 bits per heavy atom. The number of thiophene rings is 1. The highest BCUT2D eigenvalue weighted by Gasteiger charge is 2.36. The first kappa shape index (κ1) is 14.9. The van der Waals surface area contributed by atoms with E-state index < -0.39 is 18.1 Å². The van der Waals surface area contributed by atoms with Crippen LogP contribution in [0.15, 0.2) is 17.5 Å². The van der Waals surface area contributed by atoms with E-state index in [1.807, 2.05) is 0 Å². The number of carbonyl (C=O) groups is 3. The fourth-order valence-electron chi connectivity index (χ4n) is 1.85. The lowest BCUT2D eigenvalue weighted by Crippen LogP contribution is -2.50. The van der Waals surface area contributed by atoms with Crippen molar-refractivity contribution in [2.75, 3.05) is 11.6 Å². The summed E-state index contributed by atoms with van der Waals surface area (Å²) in [7, 11) is 0. The number of hydrogen-bond acceptors (Lipinski definition) is 5. The molecule has 108 valence electrons. The van der Waals surface area contributed by atoms with Gasteiger partial charge >= 0.3 is 5.97 Å². The quantitative estimate of drug-likeness (QED) is 0.860. The molecule has 2 N–H and O–H groups in total. The first-order valence-electron chi connectivity index (χ1n) is 5.96. The molecule has 6 nitrogen and oxygen atoms in total. The Kier molecular flexibility index (Phi) is 4.66. The average Bonchev–Trinajstić information content (AvgIpc) is 3.08. The molecule has 0 aromatic carbocycles. The number of rotatable bonds is 4. The summed E-state index contributed by atoms with van der Waals surface area (Å²) in [5.41, 5.74) is 0. The topological polar surface area (TPSA) is 86.7 Å². The molecule has 2 amide bonds. The second kappa shape index (κ2) is 6.27. The predicted molar refractivity (Wildman–Crippen MR) is 76.8 cm³/mol. The molecular weight excluding hydrogens is 300 g/mol. The maximum Gasteiger partial charge on any atom is 0.327 e. The van der Waals surface area contributed by atoms with Crippen LogP contribution in [0.2, 0.25) is 0 Å². The molecule has 2 heterocycles. The van der Waals surface area contributed by atoms with Crippen LogP contribution in [-0.2, 0) is 9.59 Å². The van der Waals surface area contributed by atoms with Crippen LogP contribution < -0.4 is 5.32 Å². The van der Waals surface area contributed by atoms with Crippen molar-refractivity contribution in [3.63, 3.8) is 0 Å². The molecule has 1 aromatic rings. The Bertz CT molecular complexity index is 518. The standard InChI is InChI=1S/C12H14N2O4S2/c1-7(13-10(15)9-3-2-4-20-9)11(16)14-6-19-5-8(14)12(17)18/h2-4,7-8H,5-6H2,1H3,(H,13,15)(H,17,18)/t7?,8-/m0/s1. The second-order valence-corrected chi connectivity index (χ2v) is 6.28. The fourth-order valence-corrected chi connectivity index (χ4v) is 3.63. The number of thioether (sulfide) groups is 1. The van der Waals surface area contributed by atoms with E-state index in [-0.39, 0.29) is 11.8 Å². The van der Waals surface area contributed by atoms with Crippen molar-refractivity contribution in [1.82, 2.24) is 10.2 Å². The molecule has 20 heavy (non-hydrogen) atoms. The molecule has 8 heteroatoms. The van der Waals surface area contributed by atoms with Crippen molar-refractivity contribution < 1.29 is 19.5 Å². The van der Waals surface area contributed by atoms with Gasteiger partial charge in [-0.05, 0) is 18.4 Å². The Hall–Kier alpha value is -1.54. The number of amides is 2. The molecule has 1 fully saturated rings. The number of carboxylic acids is 1. The second-order valence-electron chi connectivity index (χ2n) is 4.33. The normalized spacial score (nSPS) is 19.6. The van der Waals surface area contributed by atoms with Crippen molar-refractivity contribution in [1.29, 1.82) is 0 Å². The molecule has 2 atom stereocenters. The van der Waals surface area contributed by atoms with Crippen LogP contribution in [0, 0.1) is 0 Å². The van der Waals surface area contributed by atoms with Gasteiger partial charge in [0.25, 0.3) is 5.91 Å². The van der Waals surface area contributed by atoms with Gasteiger partial charge in [-0.25, -0.2) is 4.79 Å². The highest BCUT2D eigenvalue weighted by molar-refractivity contribution is 7.99. The van der Waals surface area contributed by atoms with Gasteiger partial charge in [-0.15, -0.1) is 23.1 Å². The number of hydrogen-bond donors (Lipinski definition) is 2. The van der Waals surface area contributed by atoms with Crippen LogP contribution in [0.5, 0.6) is 0 Å². The van der Waals surface area contributed by atoms with Gasteiger partial charge in [0, 0.05) is 5.75 Å². The van der Waals surface area contributed by atoms with E-state index in [0.717, 1.165) is 0 Å². The maximum absolute atomic E-state index is 12.2. The third-order valence-corrected chi connectivity index (χ3v) is 4.79. The van der Waals surface area contributed by atoms with Gasteiger partial charge in [0.05, 0.1) is 10.8 Å². The molecule has 1 saturated heterocycles. The van der Waals surface area contributed by atoms with Crippen LogP contribution in [0.4, 0.5) is 0 Å². The SMILES string of the molecule is CC(NC(=O)c1cccs1)C(=O)N1CSC[C@H]1C(=O)O. The van der Waals surface area contributed by atoms with Gasteiger partial charge in [0.15, 0.2) is 0 Å². The smallest absolute Gasteiger partial charge is 0.327 e. The summed E-state index contributed by atoms with van der Waals surface area (Å²) in [6.45, 7) is 1.57. The van der Waals surface area contributed by atoms with E-state index in [0.29, 0.717) is 16.5 Å². The van der Waals surface area contributed by atoms with Crippen molar-refractivity contribution in [2.45, 2.75) is 19.0 Å². The van der Waals surface area contributed by atoms with E-state index in [1.54, 1.807) is 24.4 Å². The van der Waals surface area contributed by atoms with E-state index in [9.17, 15) is 14.4 Å². The number of carboxylic acid groups (broad SMARTS) is 1. The van der Waals surface area contributed by atoms with Crippen molar-refractivity contribution >= 4 is 40.9 Å². The first-order valence-corrected chi connectivity index (χ1v) is 7.99. The zero-order valence-corrected chi connectivity index (χ0v) is 12.4. The minimum absolute atomic E-state index is 0.320. The Labute approximate surface area is 124 Å². The number of nitrogens with zero attached hydrogens (tertiary/aromatic N) is 1. The summed E-state index contributed by atoms with van der Waals surface area (Å²) < 4.78 is 0. The van der Waals surface area contributed by atoms with Crippen LogP contribution in [0.1, 0.15) is 16.6 Å². The van der Waals surface area contributed by atoms with Gasteiger partial charge in [0.2, 0.25) is 5.91 Å². The third-order valence-electron chi connectivity index (χ3n) is 2.91. The van der Waals surface area contributed by atoms with E-state index in [1.165, 1.54) is 28.0 Å². The monoisotopic (exact) mass is 314 g/mol. The average molecular weight is 314 g/mol. The number of nitrogens with one attached hydrogen (secondary N) is 1. The molecule has 0 radical (unpaired) electrons. The van der Waals surface area contributed by atoms with Gasteiger partial charge in [-0.2, -0.15) is 0 Å². The molecular formula is C12H14N2O4S2. The summed E-state index contributed by atoms with van der Waals surface area (Å²) in [4.78, 5) is 36.9. The van der Waals surface area contributed by atoms with E-state index >= 15 is 0 Å². The molecule has 0 aliphatic carbocycles. The van der Waals surface area contributed by atoms with Gasteiger partial charge in [-0.3, -0.25) is 9.59 Å². The lowest BCUT2D eigenvalue weighted by molar-refractivity contribution is -0.148. The Morgan fingerprint density at radius 3 is 2.85 bits per heavy atom. The van der Waals surface area contributed by atoms with Crippen LogP contribution in [0.3, 0.4) is 0 Å². The summed E-state index contributed by atoms with van der Waals surface area (Å²) in [6, 6.07) is 1.87. The number of carbonyl (C=O) groups excluding carboxylic acids is 2. The van der Waals surface area contributed by atoms with Gasteiger partial charge in [0.1, 0.15) is 12.1 Å². The van der Waals surface area contributed by atoms with E-state index in [2.05, 4.69) is 5.32 Å². The lowest BCUT2D eigenvalue weighted by Gasteiger charge is -2.24. The van der Waals surface area contributed by atoms with Crippen LogP contribution in [-0.4, -0.2) is 51.5 Å². The summed E-state index contributed by atoms with van der Waals surface area (Å²) >= 11 is 2.68. The first-order chi connectivity index (χ1) is 9.50. The molecule has 0 bridgehead atoms. The predicted octanol–water partition coefficient (Wildman–Crippen LogP) is 0.853. The maximum atomic E-state index is 12.2. The van der Waals surface area contributed by atoms with Crippen molar-refractivity contribution in [3.8, 4) is 0 Å². The van der Waals surface area contributed by atoms with Gasteiger partial charge in [-0.1, -0.05) is 6.07 Å². The highest BCUT2D eigenvalue weighted by atomic mass is 32.2. The van der Waals surface area contributed by atoms with Crippen molar-refractivity contribution in [2.24, 2.45) is 0 Å². The third kappa shape index (κ3) is 3.13. The van der Waals surface area contributed by atoms with Crippen LogP contribution in [0.25, 0.3) is 0 Å². The molecule has 0 saturated carbocycles. The highest BCUT2D eigenvalue weighted by Crippen LogP contribution is 2.22. The van der Waals surface area contributed by atoms with Gasteiger partial charge < -0.3 is 15.3 Å². The molecule has 1 aromatic heterocycles.